The third-order valence-electron chi connectivity index (χ3n) is 3.58. The third kappa shape index (κ3) is 2.93. The minimum atomic E-state index is -3.66. The summed E-state index contributed by atoms with van der Waals surface area (Å²) in [6.45, 7) is 7.14. The van der Waals surface area contributed by atoms with Crippen LogP contribution in [0.3, 0.4) is 0 Å². The first-order chi connectivity index (χ1) is 9.74. The first kappa shape index (κ1) is 15.5. The zero-order valence-electron chi connectivity index (χ0n) is 12.6. The lowest BCUT2D eigenvalue weighted by molar-refractivity contribution is 0.566. The molecule has 0 aliphatic carbocycles. The van der Waals surface area contributed by atoms with E-state index in [1.807, 2.05) is 6.92 Å². The van der Waals surface area contributed by atoms with Gasteiger partial charge in [-0.2, -0.15) is 5.10 Å². The normalized spacial score (nSPS) is 13.3. The molecule has 1 unspecified atom stereocenters. The van der Waals surface area contributed by atoms with Gasteiger partial charge in [0.25, 0.3) is 0 Å². The summed E-state index contributed by atoms with van der Waals surface area (Å²) in [6, 6.07) is 1.41. The fourth-order valence-electron chi connectivity index (χ4n) is 2.45. The maximum absolute atomic E-state index is 12.6. The second kappa shape index (κ2) is 5.50. The van der Waals surface area contributed by atoms with E-state index in [1.54, 1.807) is 39.2 Å². The van der Waals surface area contributed by atoms with Gasteiger partial charge in [0.05, 0.1) is 11.1 Å². The van der Waals surface area contributed by atoms with E-state index in [2.05, 4.69) is 14.9 Å². The zero-order valence-corrected chi connectivity index (χ0v) is 13.4. The van der Waals surface area contributed by atoms with Crippen LogP contribution in [0.4, 0.5) is 5.69 Å². The Kier molecular flexibility index (Phi) is 4.06. The molecular formula is C14H20N4O2S. The van der Waals surface area contributed by atoms with Gasteiger partial charge in [0.2, 0.25) is 10.0 Å². The van der Waals surface area contributed by atoms with Gasteiger partial charge >= 0.3 is 0 Å². The smallest absolute Gasteiger partial charge is 0.241 e. The van der Waals surface area contributed by atoms with Crippen LogP contribution in [0.1, 0.15) is 35.2 Å². The van der Waals surface area contributed by atoms with E-state index in [1.165, 1.54) is 0 Å². The topological polar surface area (TPSA) is 101 Å². The molecule has 1 aromatic heterocycles. The molecular weight excluding hydrogens is 288 g/mol. The Labute approximate surface area is 124 Å². The molecule has 2 rings (SSSR count). The number of benzene rings is 1. The number of hydrogen-bond acceptors (Lipinski definition) is 4. The van der Waals surface area contributed by atoms with Crippen molar-refractivity contribution in [3.05, 3.63) is 40.7 Å². The van der Waals surface area contributed by atoms with Crippen LogP contribution in [-0.4, -0.2) is 18.6 Å². The Morgan fingerprint density at radius 1 is 1.29 bits per heavy atom. The van der Waals surface area contributed by atoms with Crippen LogP contribution in [0.2, 0.25) is 0 Å². The summed E-state index contributed by atoms with van der Waals surface area (Å²) in [5.41, 5.74) is 9.40. The Balaban J connectivity index is 2.43. The van der Waals surface area contributed by atoms with Crippen molar-refractivity contribution in [3.8, 4) is 0 Å². The highest BCUT2D eigenvalue weighted by Crippen LogP contribution is 2.28. The van der Waals surface area contributed by atoms with Gasteiger partial charge in [-0.25, -0.2) is 13.1 Å². The summed E-state index contributed by atoms with van der Waals surface area (Å²) in [6.07, 6.45) is 3.26. The number of aromatic amines is 1. The third-order valence-corrected chi connectivity index (χ3v) is 5.41. The number of nitrogens with two attached hydrogens (primary N) is 1. The van der Waals surface area contributed by atoms with Gasteiger partial charge in [-0.05, 0) is 44.4 Å². The summed E-state index contributed by atoms with van der Waals surface area (Å²) in [4.78, 5) is 0.251. The number of anilines is 1. The minimum absolute atomic E-state index is 0.251. The van der Waals surface area contributed by atoms with Crippen molar-refractivity contribution >= 4 is 15.7 Å². The van der Waals surface area contributed by atoms with Gasteiger partial charge in [-0.1, -0.05) is 6.07 Å². The van der Waals surface area contributed by atoms with Gasteiger partial charge in [-0.3, -0.25) is 5.10 Å². The maximum Gasteiger partial charge on any atom is 0.241 e. The molecule has 0 saturated carbocycles. The quantitative estimate of drug-likeness (QED) is 0.751. The van der Waals surface area contributed by atoms with Crippen molar-refractivity contribution in [2.75, 3.05) is 5.73 Å². The number of nitrogens with zero attached hydrogens (tertiary/aromatic N) is 1. The predicted molar refractivity (Wildman–Crippen MR) is 82.4 cm³/mol. The van der Waals surface area contributed by atoms with E-state index in [9.17, 15) is 8.42 Å². The van der Waals surface area contributed by atoms with Crippen molar-refractivity contribution in [3.63, 3.8) is 0 Å². The summed E-state index contributed by atoms with van der Waals surface area (Å²) in [5.74, 6) is 0. The fourth-order valence-corrected chi connectivity index (χ4v) is 4.17. The van der Waals surface area contributed by atoms with Gasteiger partial charge in [0.1, 0.15) is 0 Å². The standard InChI is InChI=1S/C14H20N4O2S/c1-8-5-9(2)14(10(3)13(8)15)21(19,20)18-11(4)12-6-16-17-7-12/h5-7,11,18H,15H2,1-4H3,(H,16,17). The van der Waals surface area contributed by atoms with Crippen molar-refractivity contribution in [1.29, 1.82) is 0 Å². The maximum atomic E-state index is 12.6. The van der Waals surface area contributed by atoms with Gasteiger partial charge in [0, 0.05) is 23.5 Å². The second-order valence-electron chi connectivity index (χ2n) is 5.25. The van der Waals surface area contributed by atoms with Crippen molar-refractivity contribution in [1.82, 2.24) is 14.9 Å². The average Bonchev–Trinajstić information content (AvgIpc) is 2.89. The molecule has 0 aliphatic heterocycles. The molecule has 0 fully saturated rings. The SMILES string of the molecule is Cc1cc(C)c(S(=O)(=O)NC(C)c2cn[nH]c2)c(C)c1N. The lowest BCUT2D eigenvalue weighted by Crippen LogP contribution is -2.28. The molecule has 4 N–H and O–H groups in total. The van der Waals surface area contributed by atoms with Crippen LogP contribution in [0.5, 0.6) is 0 Å². The molecule has 0 saturated heterocycles. The summed E-state index contributed by atoms with van der Waals surface area (Å²) >= 11 is 0. The lowest BCUT2D eigenvalue weighted by atomic mass is 10.1. The molecule has 0 radical (unpaired) electrons. The van der Waals surface area contributed by atoms with Crippen molar-refractivity contribution < 1.29 is 8.42 Å². The van der Waals surface area contributed by atoms with E-state index < -0.39 is 10.0 Å². The van der Waals surface area contributed by atoms with E-state index in [4.69, 9.17) is 5.73 Å². The first-order valence-corrected chi connectivity index (χ1v) is 8.09. The predicted octanol–water partition coefficient (Wildman–Crippen LogP) is 1.96. The molecule has 1 aromatic carbocycles. The monoisotopic (exact) mass is 308 g/mol. The molecule has 21 heavy (non-hydrogen) atoms. The Morgan fingerprint density at radius 2 is 1.95 bits per heavy atom. The highest BCUT2D eigenvalue weighted by atomic mass is 32.2. The van der Waals surface area contributed by atoms with Crippen molar-refractivity contribution in [2.45, 2.75) is 38.6 Å². The zero-order chi connectivity index (χ0) is 15.8. The highest BCUT2D eigenvalue weighted by molar-refractivity contribution is 7.89. The van der Waals surface area contributed by atoms with E-state index >= 15 is 0 Å². The van der Waals surface area contributed by atoms with E-state index in [-0.39, 0.29) is 10.9 Å². The number of sulfonamides is 1. The molecule has 0 bridgehead atoms. The van der Waals surface area contributed by atoms with E-state index in [0.29, 0.717) is 16.8 Å². The fraction of sp³-hybridized carbons (Fsp3) is 0.357. The van der Waals surface area contributed by atoms with Crippen LogP contribution in [0.15, 0.2) is 23.4 Å². The number of aromatic nitrogens is 2. The lowest BCUT2D eigenvalue weighted by Gasteiger charge is -2.18. The number of rotatable bonds is 4. The van der Waals surface area contributed by atoms with Crippen LogP contribution < -0.4 is 10.5 Å². The molecule has 1 atom stereocenters. The number of nitrogen functional groups attached to an aromatic ring is 1. The largest absolute Gasteiger partial charge is 0.398 e. The molecule has 6 nitrogen and oxygen atoms in total. The minimum Gasteiger partial charge on any atom is -0.398 e. The highest BCUT2D eigenvalue weighted by Gasteiger charge is 2.24. The Morgan fingerprint density at radius 3 is 2.52 bits per heavy atom. The molecule has 7 heteroatoms. The number of hydrogen-bond donors (Lipinski definition) is 3. The number of nitrogens with one attached hydrogen (secondary N) is 2. The first-order valence-electron chi connectivity index (χ1n) is 6.61. The average molecular weight is 308 g/mol. The van der Waals surface area contributed by atoms with Gasteiger partial charge in [0.15, 0.2) is 0 Å². The number of H-pyrrole nitrogens is 1. The molecule has 0 aliphatic rings. The van der Waals surface area contributed by atoms with Crippen LogP contribution in [0.25, 0.3) is 0 Å². The van der Waals surface area contributed by atoms with Gasteiger partial charge < -0.3 is 5.73 Å². The van der Waals surface area contributed by atoms with Crippen LogP contribution in [-0.2, 0) is 10.0 Å². The molecule has 1 heterocycles. The molecule has 2 aromatic rings. The Hall–Kier alpha value is -1.86. The number of aryl methyl sites for hydroxylation is 2. The second-order valence-corrected chi connectivity index (χ2v) is 6.90. The molecule has 0 amide bonds. The summed E-state index contributed by atoms with van der Waals surface area (Å²) in [7, 11) is -3.66. The van der Waals surface area contributed by atoms with E-state index in [0.717, 1.165) is 11.1 Å². The van der Waals surface area contributed by atoms with Crippen LogP contribution in [0, 0.1) is 20.8 Å². The van der Waals surface area contributed by atoms with Crippen molar-refractivity contribution in [2.24, 2.45) is 0 Å². The summed E-state index contributed by atoms with van der Waals surface area (Å²) in [5, 5.41) is 6.50. The molecule has 0 spiro atoms. The van der Waals surface area contributed by atoms with Crippen LogP contribution >= 0.6 is 0 Å². The summed E-state index contributed by atoms with van der Waals surface area (Å²) < 4.78 is 28.0. The molecule has 114 valence electrons. The van der Waals surface area contributed by atoms with Gasteiger partial charge in [-0.15, -0.1) is 0 Å². The Bertz CT molecular complexity index is 752.